The van der Waals surface area contributed by atoms with Crippen molar-refractivity contribution in [1.82, 2.24) is 0 Å². The molecule has 56 valence electrons. The van der Waals surface area contributed by atoms with Gasteiger partial charge in [0.15, 0.2) is 0 Å². The number of hydrogen-bond acceptors (Lipinski definition) is 1. The molecule has 0 saturated heterocycles. The normalized spacial score (nSPS) is 13.6. The predicted molar refractivity (Wildman–Crippen MR) is 48.0 cm³/mol. The molecule has 0 N–H and O–H groups in total. The molecule has 0 aromatic carbocycles. The number of allylic oxidation sites excluding steroid dienone is 3. The van der Waals surface area contributed by atoms with Crippen LogP contribution in [0.3, 0.4) is 0 Å². The molecule has 0 unspecified atom stereocenters. The molecular formula is C7H9Cl2N. The first-order chi connectivity index (χ1) is 4.57. The number of hydrogen-bond donors (Lipinski definition) is 0. The largest absolute Gasteiger partial charge is 0.293 e. The summed E-state index contributed by atoms with van der Waals surface area (Å²) in [6, 6.07) is 0. The van der Waals surface area contributed by atoms with Gasteiger partial charge in [0.1, 0.15) is 0 Å². The Labute approximate surface area is 71.1 Å². The molecule has 0 atom stereocenters. The molecular weight excluding hydrogens is 169 g/mol. The van der Waals surface area contributed by atoms with Gasteiger partial charge in [-0.25, -0.2) is 0 Å². The zero-order valence-electron chi connectivity index (χ0n) is 5.99. The molecule has 3 heteroatoms. The van der Waals surface area contributed by atoms with Crippen molar-refractivity contribution in [3.8, 4) is 0 Å². The Hall–Kier alpha value is -0.270. The summed E-state index contributed by atoms with van der Waals surface area (Å²) in [6.07, 6.45) is 1.66. The summed E-state index contributed by atoms with van der Waals surface area (Å²) in [5.41, 5.74) is 0.826. The monoisotopic (exact) mass is 177 g/mol. The topological polar surface area (TPSA) is 12.4 Å². The average molecular weight is 178 g/mol. The van der Waals surface area contributed by atoms with Crippen LogP contribution in [0.5, 0.6) is 0 Å². The standard InChI is InChI=1S/C7H9Cl2N/c1-5(10-3)4-7(9)6(2)8/h4H,2H2,1,3H3/b7-4+,10-5?. The molecule has 0 aromatic rings. The molecule has 0 heterocycles. The van der Waals surface area contributed by atoms with E-state index >= 15 is 0 Å². The van der Waals surface area contributed by atoms with Gasteiger partial charge in [0, 0.05) is 12.8 Å². The Balaban J connectivity index is 4.31. The zero-order chi connectivity index (χ0) is 8.15. The van der Waals surface area contributed by atoms with E-state index in [4.69, 9.17) is 23.2 Å². The Morgan fingerprint density at radius 3 is 2.30 bits per heavy atom. The van der Waals surface area contributed by atoms with Gasteiger partial charge in [0.25, 0.3) is 0 Å². The van der Waals surface area contributed by atoms with Crippen LogP contribution in [-0.2, 0) is 0 Å². The van der Waals surface area contributed by atoms with E-state index in [1.54, 1.807) is 13.1 Å². The van der Waals surface area contributed by atoms with Gasteiger partial charge in [0.2, 0.25) is 0 Å². The van der Waals surface area contributed by atoms with Crippen LogP contribution in [0.2, 0.25) is 0 Å². The van der Waals surface area contributed by atoms with Crippen LogP contribution in [0.15, 0.2) is 27.7 Å². The lowest BCUT2D eigenvalue weighted by atomic mass is 10.3. The van der Waals surface area contributed by atoms with Gasteiger partial charge in [-0.1, -0.05) is 29.8 Å². The predicted octanol–water partition coefficient (Wildman–Crippen LogP) is 2.95. The molecule has 0 aliphatic heterocycles. The number of aliphatic imine (C=N–C) groups is 1. The second-order valence-corrected chi connectivity index (χ2v) is 2.63. The van der Waals surface area contributed by atoms with E-state index in [2.05, 4.69) is 11.6 Å². The molecule has 0 aliphatic carbocycles. The molecule has 1 nitrogen and oxygen atoms in total. The van der Waals surface area contributed by atoms with E-state index < -0.39 is 0 Å². The van der Waals surface area contributed by atoms with E-state index in [1.165, 1.54) is 0 Å². The van der Waals surface area contributed by atoms with E-state index in [-0.39, 0.29) is 0 Å². The third-order valence-electron chi connectivity index (χ3n) is 0.947. The number of rotatable bonds is 2. The van der Waals surface area contributed by atoms with Gasteiger partial charge < -0.3 is 0 Å². The molecule has 0 amide bonds. The molecule has 0 radical (unpaired) electrons. The van der Waals surface area contributed by atoms with Crippen LogP contribution in [0.25, 0.3) is 0 Å². The molecule has 0 aliphatic rings. The van der Waals surface area contributed by atoms with E-state index in [1.807, 2.05) is 6.92 Å². The van der Waals surface area contributed by atoms with E-state index in [9.17, 15) is 0 Å². The van der Waals surface area contributed by atoms with E-state index in [0.29, 0.717) is 10.1 Å². The lowest BCUT2D eigenvalue weighted by Gasteiger charge is -1.92. The van der Waals surface area contributed by atoms with Crippen molar-refractivity contribution in [3.63, 3.8) is 0 Å². The Bertz CT molecular complexity index is 192. The van der Waals surface area contributed by atoms with Gasteiger partial charge in [0.05, 0.1) is 10.1 Å². The highest BCUT2D eigenvalue weighted by atomic mass is 35.5. The third-order valence-corrected chi connectivity index (χ3v) is 1.59. The van der Waals surface area contributed by atoms with Crippen molar-refractivity contribution < 1.29 is 0 Å². The molecule has 0 spiro atoms. The molecule has 10 heavy (non-hydrogen) atoms. The fourth-order valence-corrected chi connectivity index (χ4v) is 0.539. The summed E-state index contributed by atoms with van der Waals surface area (Å²) in [5.74, 6) is 0. The van der Waals surface area contributed by atoms with Gasteiger partial charge in [-0.05, 0) is 13.0 Å². The van der Waals surface area contributed by atoms with Gasteiger partial charge >= 0.3 is 0 Å². The van der Waals surface area contributed by atoms with Gasteiger partial charge in [-0.15, -0.1) is 0 Å². The molecule has 0 saturated carbocycles. The first-order valence-electron chi connectivity index (χ1n) is 2.73. The smallest absolute Gasteiger partial charge is 0.0604 e. The van der Waals surface area contributed by atoms with Crippen LogP contribution in [0.4, 0.5) is 0 Å². The minimum Gasteiger partial charge on any atom is -0.293 e. The van der Waals surface area contributed by atoms with Crippen molar-refractivity contribution in [2.75, 3.05) is 7.05 Å². The molecule has 0 rings (SSSR count). The van der Waals surface area contributed by atoms with Crippen molar-refractivity contribution in [2.24, 2.45) is 4.99 Å². The van der Waals surface area contributed by atoms with Crippen molar-refractivity contribution in [3.05, 3.63) is 22.7 Å². The second kappa shape index (κ2) is 4.53. The highest BCUT2D eigenvalue weighted by Crippen LogP contribution is 2.15. The molecule has 0 fully saturated rings. The summed E-state index contributed by atoms with van der Waals surface area (Å²) >= 11 is 11.1. The fourth-order valence-electron chi connectivity index (χ4n) is 0.326. The van der Waals surface area contributed by atoms with Crippen LogP contribution < -0.4 is 0 Å². The zero-order valence-corrected chi connectivity index (χ0v) is 7.50. The SMILES string of the molecule is C=C(Cl)/C(Cl)=C\C(C)=NC. The maximum absolute atomic E-state index is 5.64. The summed E-state index contributed by atoms with van der Waals surface area (Å²) in [7, 11) is 1.69. The highest BCUT2D eigenvalue weighted by Gasteiger charge is 1.93. The van der Waals surface area contributed by atoms with Crippen molar-refractivity contribution in [1.29, 1.82) is 0 Å². The van der Waals surface area contributed by atoms with Crippen LogP contribution in [-0.4, -0.2) is 12.8 Å². The van der Waals surface area contributed by atoms with Crippen LogP contribution in [0.1, 0.15) is 6.92 Å². The Morgan fingerprint density at radius 2 is 2.00 bits per heavy atom. The van der Waals surface area contributed by atoms with Gasteiger partial charge in [-0.2, -0.15) is 0 Å². The fraction of sp³-hybridized carbons (Fsp3) is 0.286. The lowest BCUT2D eigenvalue weighted by Crippen LogP contribution is -1.84. The van der Waals surface area contributed by atoms with E-state index in [0.717, 1.165) is 5.71 Å². The summed E-state index contributed by atoms with van der Waals surface area (Å²) in [4.78, 5) is 3.87. The van der Waals surface area contributed by atoms with Crippen molar-refractivity contribution in [2.45, 2.75) is 6.92 Å². The average Bonchev–Trinajstić information content (AvgIpc) is 1.87. The maximum atomic E-state index is 5.64. The minimum atomic E-state index is 0.338. The van der Waals surface area contributed by atoms with Crippen molar-refractivity contribution >= 4 is 28.9 Å². The van der Waals surface area contributed by atoms with Crippen LogP contribution in [0, 0.1) is 0 Å². The number of nitrogens with zero attached hydrogens (tertiary/aromatic N) is 1. The molecule has 0 bridgehead atoms. The Kier molecular flexibility index (Phi) is 4.41. The first kappa shape index (κ1) is 9.73. The third kappa shape index (κ3) is 3.70. The quantitative estimate of drug-likeness (QED) is 0.455. The van der Waals surface area contributed by atoms with Crippen LogP contribution >= 0.6 is 23.2 Å². The highest BCUT2D eigenvalue weighted by molar-refractivity contribution is 6.44. The Morgan fingerprint density at radius 1 is 1.50 bits per heavy atom. The lowest BCUT2D eigenvalue weighted by molar-refractivity contribution is 1.43. The number of halogens is 2. The summed E-state index contributed by atoms with van der Waals surface area (Å²) in [5, 5.41) is 0.773. The summed E-state index contributed by atoms with van der Waals surface area (Å²) in [6.45, 7) is 5.29. The minimum absolute atomic E-state index is 0.338. The maximum Gasteiger partial charge on any atom is 0.0604 e. The first-order valence-corrected chi connectivity index (χ1v) is 3.49. The summed E-state index contributed by atoms with van der Waals surface area (Å²) < 4.78 is 0. The van der Waals surface area contributed by atoms with Gasteiger partial charge in [-0.3, -0.25) is 4.99 Å². The molecule has 0 aromatic heterocycles. The second-order valence-electron chi connectivity index (χ2n) is 1.76.